The molecule has 1 aliphatic rings. The van der Waals surface area contributed by atoms with Crippen molar-refractivity contribution in [2.24, 2.45) is 5.41 Å². The maximum atomic E-state index is 13.5. The molecule has 0 radical (unpaired) electrons. The Hall–Kier alpha value is -1.47. The molecule has 0 spiro atoms. The number of hydrogen-bond acceptors (Lipinski definition) is 4. The van der Waals surface area contributed by atoms with Crippen molar-refractivity contribution in [3.05, 3.63) is 11.8 Å². The van der Waals surface area contributed by atoms with Gasteiger partial charge in [-0.25, -0.2) is 0 Å². The van der Waals surface area contributed by atoms with Crippen LogP contribution >= 0.6 is 0 Å². The van der Waals surface area contributed by atoms with E-state index in [-0.39, 0.29) is 6.42 Å². The lowest BCUT2D eigenvalue weighted by molar-refractivity contribution is -0.382. The summed E-state index contributed by atoms with van der Waals surface area (Å²) in [6.45, 7) is 2.76. The summed E-state index contributed by atoms with van der Waals surface area (Å²) in [7, 11) is -7.01. The monoisotopic (exact) mass is 422 g/mol. The molecular weight excluding hydrogens is 411 g/mol. The molecule has 0 atom stereocenters. The average Bonchev–Trinajstić information content (AvgIpc) is 2.41. The summed E-state index contributed by atoms with van der Waals surface area (Å²) >= 11 is 0. The zero-order chi connectivity index (χ0) is 21.0. The van der Waals surface area contributed by atoms with Crippen LogP contribution in [0.2, 0.25) is 0 Å². The maximum Gasteiger partial charge on any atom is 0.460 e. The van der Waals surface area contributed by atoms with E-state index >= 15 is 0 Å². The molecule has 0 saturated carbocycles. The minimum Gasteiger partial charge on any atom is -0.382 e. The molecule has 0 fully saturated rings. The van der Waals surface area contributed by atoms with Gasteiger partial charge in [-0.1, -0.05) is 13.8 Å². The average molecular weight is 422 g/mol. The second-order valence-corrected chi connectivity index (χ2v) is 7.65. The Bertz CT molecular complexity index is 719. The maximum absolute atomic E-state index is 13.5. The van der Waals surface area contributed by atoms with Gasteiger partial charge in [-0.05, 0) is 6.42 Å². The molecule has 0 bridgehead atoms. The van der Waals surface area contributed by atoms with Crippen LogP contribution in [0.1, 0.15) is 26.7 Å². The van der Waals surface area contributed by atoms with Gasteiger partial charge in [0.15, 0.2) is 5.78 Å². The van der Waals surface area contributed by atoms with Gasteiger partial charge in [-0.3, -0.25) is 4.79 Å². The second-order valence-electron chi connectivity index (χ2n) is 6.06. The summed E-state index contributed by atoms with van der Waals surface area (Å²) in [4.78, 5) is 11.6. The Labute approximate surface area is 141 Å². The first-order valence-corrected chi connectivity index (χ1v) is 8.01. The van der Waals surface area contributed by atoms with Crippen LogP contribution < -0.4 is 0 Å². The van der Waals surface area contributed by atoms with Gasteiger partial charge in [-0.15, -0.1) is 0 Å². The van der Waals surface area contributed by atoms with E-state index in [1.807, 2.05) is 0 Å². The highest BCUT2D eigenvalue weighted by Gasteiger charge is 2.86. The molecule has 0 aromatic rings. The Morgan fingerprint density at radius 1 is 0.962 bits per heavy atom. The third-order valence-corrected chi connectivity index (χ3v) is 4.92. The van der Waals surface area contributed by atoms with Crippen LogP contribution in [0, 0.1) is 5.41 Å². The van der Waals surface area contributed by atoms with Crippen molar-refractivity contribution in [2.75, 3.05) is 0 Å². The molecular formula is C12H11F9O4S. The standard InChI is InChI=1S/C12H11F9O4S/c1-8(2)4-3-6(5-7(8)22)25-26(23,24)12(20,21)10(15,16)9(13,14)11(17,18)19/h5H,3-4H2,1-2H3. The van der Waals surface area contributed by atoms with Crippen LogP contribution in [-0.2, 0) is 19.1 Å². The molecule has 152 valence electrons. The first kappa shape index (κ1) is 22.6. The van der Waals surface area contributed by atoms with E-state index in [1.165, 1.54) is 13.8 Å². The molecule has 1 aliphatic carbocycles. The lowest BCUT2D eigenvalue weighted by Crippen LogP contribution is -2.63. The number of allylic oxidation sites excluding steroid dienone is 2. The third-order valence-electron chi connectivity index (χ3n) is 3.60. The van der Waals surface area contributed by atoms with Gasteiger partial charge in [0.05, 0.1) is 0 Å². The van der Waals surface area contributed by atoms with Crippen molar-refractivity contribution >= 4 is 15.9 Å². The smallest absolute Gasteiger partial charge is 0.382 e. The SMILES string of the molecule is CC1(C)CCC(OS(=O)(=O)C(F)(F)C(F)(F)C(F)(F)C(F)(F)F)=CC1=O. The van der Waals surface area contributed by atoms with E-state index in [4.69, 9.17) is 0 Å². The van der Waals surface area contributed by atoms with Gasteiger partial charge in [0, 0.05) is 17.9 Å². The summed E-state index contributed by atoms with van der Waals surface area (Å²) in [5.74, 6) is -16.7. The molecule has 1 rings (SSSR count). The Morgan fingerprint density at radius 3 is 1.81 bits per heavy atom. The van der Waals surface area contributed by atoms with Crippen molar-refractivity contribution in [1.29, 1.82) is 0 Å². The third kappa shape index (κ3) is 3.39. The van der Waals surface area contributed by atoms with Crippen LogP contribution in [0.3, 0.4) is 0 Å². The number of rotatable bonds is 5. The van der Waals surface area contributed by atoms with Gasteiger partial charge in [0.1, 0.15) is 5.76 Å². The van der Waals surface area contributed by atoms with Gasteiger partial charge in [0.25, 0.3) is 0 Å². The molecule has 0 aromatic heterocycles. The molecule has 0 N–H and O–H groups in total. The van der Waals surface area contributed by atoms with E-state index in [0.29, 0.717) is 6.08 Å². The summed E-state index contributed by atoms with van der Waals surface area (Å²) < 4.78 is 141. The zero-order valence-corrected chi connectivity index (χ0v) is 13.8. The molecule has 0 saturated heterocycles. The van der Waals surface area contributed by atoms with Crippen molar-refractivity contribution in [3.63, 3.8) is 0 Å². The van der Waals surface area contributed by atoms with E-state index < -0.39 is 56.8 Å². The van der Waals surface area contributed by atoms with Crippen molar-refractivity contribution in [3.8, 4) is 0 Å². The van der Waals surface area contributed by atoms with Gasteiger partial charge in [0.2, 0.25) is 0 Å². The molecule has 26 heavy (non-hydrogen) atoms. The Morgan fingerprint density at radius 2 is 1.42 bits per heavy atom. The van der Waals surface area contributed by atoms with Gasteiger partial charge in [-0.2, -0.15) is 47.9 Å². The summed E-state index contributed by atoms with van der Waals surface area (Å²) in [5.41, 5.74) is -1.06. The summed E-state index contributed by atoms with van der Waals surface area (Å²) in [6.07, 6.45) is -7.50. The Balaban J connectivity index is 3.28. The van der Waals surface area contributed by atoms with E-state index in [0.717, 1.165) is 0 Å². The lowest BCUT2D eigenvalue weighted by Gasteiger charge is -2.33. The fourth-order valence-electron chi connectivity index (χ4n) is 1.75. The summed E-state index contributed by atoms with van der Waals surface area (Å²) in [6, 6.07) is 0. The van der Waals surface area contributed by atoms with Gasteiger partial charge < -0.3 is 4.18 Å². The molecule has 14 heteroatoms. The predicted molar refractivity (Wildman–Crippen MR) is 67.0 cm³/mol. The van der Waals surface area contributed by atoms with E-state index in [9.17, 15) is 52.7 Å². The number of carbonyl (C=O) groups is 1. The minimum atomic E-state index is -7.38. The van der Waals surface area contributed by atoms with Crippen molar-refractivity contribution in [2.45, 2.75) is 50.0 Å². The van der Waals surface area contributed by atoms with E-state index in [1.54, 1.807) is 0 Å². The molecule has 0 aliphatic heterocycles. The molecule has 0 unspecified atom stereocenters. The largest absolute Gasteiger partial charge is 0.460 e. The Kier molecular flexibility index (Phi) is 5.23. The van der Waals surface area contributed by atoms with Crippen LogP contribution in [0.15, 0.2) is 11.8 Å². The normalized spacial score (nSPS) is 20.0. The van der Waals surface area contributed by atoms with Crippen LogP contribution in [0.4, 0.5) is 39.5 Å². The topological polar surface area (TPSA) is 60.4 Å². The summed E-state index contributed by atoms with van der Waals surface area (Å²) in [5, 5.41) is -6.95. The quantitative estimate of drug-likeness (QED) is 0.496. The zero-order valence-electron chi connectivity index (χ0n) is 12.9. The highest BCUT2D eigenvalue weighted by molar-refractivity contribution is 7.88. The highest BCUT2D eigenvalue weighted by Crippen LogP contribution is 2.55. The van der Waals surface area contributed by atoms with Crippen LogP contribution in [-0.4, -0.2) is 37.5 Å². The second kappa shape index (κ2) is 6.02. The minimum absolute atomic E-state index is 0.173. The fraction of sp³-hybridized carbons (Fsp3) is 0.750. The molecule has 0 aromatic carbocycles. The number of ketones is 1. The molecule has 0 amide bonds. The van der Waals surface area contributed by atoms with Crippen LogP contribution in [0.5, 0.6) is 0 Å². The first-order chi connectivity index (χ1) is 11.2. The van der Waals surface area contributed by atoms with Crippen LogP contribution in [0.25, 0.3) is 0 Å². The molecule has 4 nitrogen and oxygen atoms in total. The van der Waals surface area contributed by atoms with Crippen molar-refractivity contribution in [1.82, 2.24) is 0 Å². The number of carbonyl (C=O) groups excluding carboxylic acids is 1. The van der Waals surface area contributed by atoms with Gasteiger partial charge >= 0.3 is 33.4 Å². The lowest BCUT2D eigenvalue weighted by atomic mass is 9.79. The van der Waals surface area contributed by atoms with E-state index in [2.05, 4.69) is 4.18 Å². The van der Waals surface area contributed by atoms with Crippen molar-refractivity contribution < 1.29 is 56.9 Å². The number of halogens is 9. The predicted octanol–water partition coefficient (Wildman–Crippen LogP) is 4.03. The molecule has 0 heterocycles. The number of hydrogen-bond donors (Lipinski definition) is 0. The number of alkyl halides is 9. The first-order valence-electron chi connectivity index (χ1n) is 6.60. The highest BCUT2D eigenvalue weighted by atomic mass is 32.2. The fourth-order valence-corrected chi connectivity index (χ4v) is 2.71.